The lowest BCUT2D eigenvalue weighted by Gasteiger charge is -2.37. The first-order valence-corrected chi connectivity index (χ1v) is 11.3. The fourth-order valence-electron chi connectivity index (χ4n) is 5.12. The van der Waals surface area contributed by atoms with Gasteiger partial charge in [0.1, 0.15) is 0 Å². The van der Waals surface area contributed by atoms with Crippen LogP contribution >= 0.6 is 15.9 Å². The first-order valence-electron chi connectivity index (χ1n) is 10.5. The van der Waals surface area contributed by atoms with Crippen LogP contribution in [0, 0.1) is 11.3 Å². The number of amides is 2. The summed E-state index contributed by atoms with van der Waals surface area (Å²) in [5, 5.41) is 3.32. The van der Waals surface area contributed by atoms with Crippen molar-refractivity contribution in [3.05, 3.63) is 34.3 Å². The topological polar surface area (TPSA) is 58.6 Å². The van der Waals surface area contributed by atoms with E-state index in [2.05, 4.69) is 21.2 Å². The summed E-state index contributed by atoms with van der Waals surface area (Å²) in [4.78, 5) is 28.3. The van der Waals surface area contributed by atoms with Crippen LogP contribution in [0.3, 0.4) is 0 Å². The lowest BCUT2D eigenvalue weighted by atomic mass is 9.71. The second kappa shape index (κ2) is 8.54. The largest absolute Gasteiger partial charge is 0.381 e. The highest BCUT2D eigenvalue weighted by Gasteiger charge is 2.52. The number of hydrogen-bond donors (Lipinski definition) is 1. The average molecular weight is 449 g/mol. The van der Waals surface area contributed by atoms with Gasteiger partial charge in [0, 0.05) is 47.8 Å². The van der Waals surface area contributed by atoms with Crippen molar-refractivity contribution < 1.29 is 14.3 Å². The number of halogens is 1. The molecule has 4 rings (SSSR count). The summed E-state index contributed by atoms with van der Waals surface area (Å²) in [5.74, 6) is 0.00732. The third kappa shape index (κ3) is 4.13. The van der Waals surface area contributed by atoms with Crippen LogP contribution in [0.1, 0.15) is 55.3 Å². The van der Waals surface area contributed by atoms with E-state index < -0.39 is 0 Å². The maximum Gasteiger partial charge on any atom is 0.253 e. The number of nitrogens with zero attached hydrogens (tertiary/aromatic N) is 1. The van der Waals surface area contributed by atoms with Crippen molar-refractivity contribution in [2.45, 2.75) is 51.0 Å². The summed E-state index contributed by atoms with van der Waals surface area (Å²) in [6.07, 6.45) is 7.51. The third-order valence-electron chi connectivity index (χ3n) is 6.76. The van der Waals surface area contributed by atoms with Gasteiger partial charge in [0.2, 0.25) is 5.91 Å². The Morgan fingerprint density at radius 2 is 1.89 bits per heavy atom. The Hall–Kier alpha value is -1.40. The molecule has 28 heavy (non-hydrogen) atoms. The van der Waals surface area contributed by atoms with E-state index in [1.54, 1.807) is 0 Å². The molecule has 3 fully saturated rings. The molecule has 5 nitrogen and oxygen atoms in total. The molecule has 152 valence electrons. The molecule has 6 heteroatoms. The summed E-state index contributed by atoms with van der Waals surface area (Å²) < 4.78 is 6.48. The molecule has 0 radical (unpaired) electrons. The number of benzene rings is 1. The highest BCUT2D eigenvalue weighted by atomic mass is 79.9. The molecule has 0 aromatic heterocycles. The number of hydrogen-bond acceptors (Lipinski definition) is 3. The highest BCUT2D eigenvalue weighted by molar-refractivity contribution is 9.10. The Morgan fingerprint density at radius 1 is 1.14 bits per heavy atom. The molecule has 1 saturated carbocycles. The highest BCUT2D eigenvalue weighted by Crippen LogP contribution is 2.45. The second-order valence-electron chi connectivity index (χ2n) is 8.57. The van der Waals surface area contributed by atoms with Gasteiger partial charge in [-0.15, -0.1) is 0 Å². The van der Waals surface area contributed by atoms with Crippen molar-refractivity contribution >= 4 is 27.7 Å². The van der Waals surface area contributed by atoms with E-state index in [1.165, 1.54) is 19.3 Å². The van der Waals surface area contributed by atoms with Crippen LogP contribution in [-0.2, 0) is 9.53 Å². The molecule has 2 heterocycles. The van der Waals surface area contributed by atoms with E-state index in [4.69, 9.17) is 4.74 Å². The fraction of sp³-hybridized carbons (Fsp3) is 0.636. The van der Waals surface area contributed by atoms with Crippen LogP contribution in [0.15, 0.2) is 28.7 Å². The van der Waals surface area contributed by atoms with E-state index in [1.807, 2.05) is 29.2 Å². The lowest BCUT2D eigenvalue weighted by molar-refractivity contribution is -0.130. The van der Waals surface area contributed by atoms with Crippen LogP contribution in [0.2, 0.25) is 0 Å². The Balaban J connectivity index is 1.52. The number of rotatable bonds is 3. The van der Waals surface area contributed by atoms with E-state index >= 15 is 0 Å². The standard InChI is InChI=1S/C22H29BrN2O3/c23-17-6-4-5-16(13-17)21(27)25-14-19(22(15-25)9-11-28-12-10-22)20(26)24-18-7-2-1-3-8-18/h4-6,13,18-19H,1-3,7-12,14-15H2,(H,24,26). The van der Waals surface area contributed by atoms with Gasteiger partial charge >= 0.3 is 0 Å². The summed E-state index contributed by atoms with van der Waals surface area (Å²) in [6, 6.07) is 7.80. The summed E-state index contributed by atoms with van der Waals surface area (Å²) in [7, 11) is 0. The molecule has 1 atom stereocenters. The normalized spacial score (nSPS) is 25.0. The van der Waals surface area contributed by atoms with Gasteiger partial charge in [0.05, 0.1) is 5.92 Å². The molecule has 1 spiro atoms. The Bertz CT molecular complexity index is 726. The summed E-state index contributed by atoms with van der Waals surface area (Å²) in [5.41, 5.74) is 0.517. The molecule has 1 unspecified atom stereocenters. The van der Waals surface area contributed by atoms with Crippen molar-refractivity contribution in [1.82, 2.24) is 10.2 Å². The fourth-order valence-corrected chi connectivity index (χ4v) is 5.52. The molecule has 1 aliphatic carbocycles. The maximum atomic E-state index is 13.2. The molecule has 1 N–H and O–H groups in total. The van der Waals surface area contributed by atoms with Gasteiger partial charge in [0.15, 0.2) is 0 Å². The number of carbonyl (C=O) groups excluding carboxylic acids is 2. The maximum absolute atomic E-state index is 13.2. The molecule has 1 aromatic rings. The zero-order chi connectivity index (χ0) is 19.6. The van der Waals surface area contributed by atoms with Gasteiger partial charge in [-0.2, -0.15) is 0 Å². The summed E-state index contributed by atoms with van der Waals surface area (Å²) >= 11 is 3.45. The molecular formula is C22H29BrN2O3. The predicted molar refractivity (Wildman–Crippen MR) is 111 cm³/mol. The molecule has 0 bridgehead atoms. The quantitative estimate of drug-likeness (QED) is 0.765. The van der Waals surface area contributed by atoms with Gasteiger partial charge in [-0.3, -0.25) is 9.59 Å². The van der Waals surface area contributed by atoms with Crippen LogP contribution < -0.4 is 5.32 Å². The minimum absolute atomic E-state index is 0.0140. The van der Waals surface area contributed by atoms with Gasteiger partial charge in [-0.05, 0) is 43.9 Å². The Kier molecular flexibility index (Phi) is 6.07. The second-order valence-corrected chi connectivity index (χ2v) is 9.48. The number of carbonyl (C=O) groups is 2. The van der Waals surface area contributed by atoms with Gasteiger partial charge in [0.25, 0.3) is 5.91 Å². The molecule has 1 aromatic carbocycles. The van der Waals surface area contributed by atoms with Gasteiger partial charge in [-0.25, -0.2) is 0 Å². The van der Waals surface area contributed by atoms with E-state index in [9.17, 15) is 9.59 Å². The van der Waals surface area contributed by atoms with Crippen LogP contribution in [0.4, 0.5) is 0 Å². The van der Waals surface area contributed by atoms with Crippen molar-refractivity contribution in [3.63, 3.8) is 0 Å². The van der Waals surface area contributed by atoms with Crippen LogP contribution in [-0.4, -0.2) is 49.1 Å². The minimum Gasteiger partial charge on any atom is -0.381 e. The van der Waals surface area contributed by atoms with Gasteiger partial charge in [-0.1, -0.05) is 41.3 Å². The monoisotopic (exact) mass is 448 g/mol. The van der Waals surface area contributed by atoms with Crippen molar-refractivity contribution in [2.24, 2.45) is 11.3 Å². The van der Waals surface area contributed by atoms with Crippen molar-refractivity contribution in [2.75, 3.05) is 26.3 Å². The summed E-state index contributed by atoms with van der Waals surface area (Å²) in [6.45, 7) is 2.49. The average Bonchev–Trinajstić information content (AvgIpc) is 3.07. The SMILES string of the molecule is O=C(NC1CCCCC1)C1CN(C(=O)c2cccc(Br)c2)CC12CCOCC2. The van der Waals surface area contributed by atoms with Gasteiger partial charge < -0.3 is 15.0 Å². The first kappa shape index (κ1) is 19.9. The minimum atomic E-state index is -0.154. The number of nitrogens with one attached hydrogen (secondary N) is 1. The van der Waals surface area contributed by atoms with Crippen LogP contribution in [0.25, 0.3) is 0 Å². The van der Waals surface area contributed by atoms with Crippen molar-refractivity contribution in [1.29, 1.82) is 0 Å². The van der Waals surface area contributed by atoms with E-state index in [0.29, 0.717) is 37.9 Å². The Labute approximate surface area is 175 Å². The van der Waals surface area contributed by atoms with Crippen LogP contribution in [0.5, 0.6) is 0 Å². The molecule has 2 aliphatic heterocycles. The predicted octanol–water partition coefficient (Wildman–Crippen LogP) is 3.77. The number of likely N-dealkylation sites (tertiary alicyclic amines) is 1. The molecule has 3 aliphatic rings. The molecule has 2 amide bonds. The smallest absolute Gasteiger partial charge is 0.253 e. The number of ether oxygens (including phenoxy) is 1. The van der Waals surface area contributed by atoms with E-state index in [-0.39, 0.29) is 23.1 Å². The third-order valence-corrected chi connectivity index (χ3v) is 7.26. The Morgan fingerprint density at radius 3 is 2.61 bits per heavy atom. The zero-order valence-corrected chi connectivity index (χ0v) is 17.9. The molecule has 2 saturated heterocycles. The van der Waals surface area contributed by atoms with E-state index in [0.717, 1.165) is 30.2 Å². The zero-order valence-electron chi connectivity index (χ0n) is 16.3. The lowest BCUT2D eigenvalue weighted by Crippen LogP contribution is -2.47. The molecular weight excluding hydrogens is 420 g/mol. The van der Waals surface area contributed by atoms with Crippen molar-refractivity contribution in [3.8, 4) is 0 Å². The first-order chi connectivity index (χ1) is 13.6.